The van der Waals surface area contributed by atoms with Gasteiger partial charge in [0.1, 0.15) is 36.6 Å². The van der Waals surface area contributed by atoms with Crippen LogP contribution in [0.2, 0.25) is 0 Å². The number of aliphatic hydroxyl groups is 1. The van der Waals surface area contributed by atoms with Crippen molar-refractivity contribution in [1.82, 2.24) is 5.32 Å². The van der Waals surface area contributed by atoms with Crippen molar-refractivity contribution in [2.75, 3.05) is 13.2 Å². The Kier molecular flexibility index (Phi) is 11.2. The Morgan fingerprint density at radius 2 is 1.62 bits per heavy atom. The van der Waals surface area contributed by atoms with Gasteiger partial charge in [0.15, 0.2) is 12.6 Å². The van der Waals surface area contributed by atoms with Gasteiger partial charge in [0.25, 0.3) is 0 Å². The lowest BCUT2D eigenvalue weighted by molar-refractivity contribution is -0.343. The number of unbranched alkanes of at least 4 members (excludes halogenated alkanes) is 9. The molecule has 2 N–H and O–H groups in total. The number of hydrogen-bond acceptors (Lipinski definition) is 7. The molecule has 3 aliphatic rings. The van der Waals surface area contributed by atoms with E-state index < -0.39 is 36.9 Å². The quantitative estimate of drug-likeness (QED) is 0.262. The lowest BCUT2D eigenvalue weighted by Gasteiger charge is -2.47. The molecular weight excluding hydrogens is 474 g/mol. The molecule has 0 radical (unpaired) electrons. The third-order valence-corrected chi connectivity index (χ3v) is 7.46. The molecule has 3 fully saturated rings. The number of ether oxygens (including phenoxy) is 5. The molecule has 3 saturated heterocycles. The number of amides is 1. The maximum Gasteiger partial charge on any atom is 0.217 e. The first kappa shape index (κ1) is 28.5. The summed E-state index contributed by atoms with van der Waals surface area (Å²) in [5.41, 5.74) is 1.07. The molecule has 4 rings (SSSR count). The molecule has 8 atom stereocenters. The van der Waals surface area contributed by atoms with Gasteiger partial charge < -0.3 is 34.1 Å². The number of nitrogens with one attached hydrogen (secondary N) is 1. The average Bonchev–Trinajstić information content (AvgIpc) is 3.71. The molecule has 37 heavy (non-hydrogen) atoms. The monoisotopic (exact) mass is 519 g/mol. The van der Waals surface area contributed by atoms with Gasteiger partial charge in [-0.3, -0.25) is 4.79 Å². The zero-order chi connectivity index (χ0) is 26.0. The number of carbonyl (C=O) groups excluding carboxylic acids is 1. The summed E-state index contributed by atoms with van der Waals surface area (Å²) < 4.78 is 30.0. The summed E-state index contributed by atoms with van der Waals surface area (Å²) in [7, 11) is 0. The van der Waals surface area contributed by atoms with E-state index in [9.17, 15) is 9.90 Å². The summed E-state index contributed by atoms with van der Waals surface area (Å²) in [5, 5.41) is 14.0. The Labute approximate surface area is 221 Å². The number of epoxide rings is 1. The normalized spacial score (nSPS) is 33.1. The molecule has 0 unspecified atom stereocenters. The third-order valence-electron chi connectivity index (χ3n) is 7.46. The number of benzene rings is 1. The molecule has 1 aromatic rings. The molecule has 8 nitrogen and oxygen atoms in total. The van der Waals surface area contributed by atoms with Crippen LogP contribution in [0.15, 0.2) is 30.3 Å². The Balaban J connectivity index is 1.20. The first-order chi connectivity index (χ1) is 18.1. The second-order valence-corrected chi connectivity index (χ2v) is 10.5. The molecule has 3 heterocycles. The van der Waals surface area contributed by atoms with Gasteiger partial charge in [-0.2, -0.15) is 0 Å². The maximum atomic E-state index is 11.9. The highest BCUT2D eigenvalue weighted by atomic mass is 16.8. The van der Waals surface area contributed by atoms with Crippen LogP contribution in [0.5, 0.6) is 0 Å². The molecule has 1 aromatic carbocycles. The SMILES string of the molecule is CCCCCCCCCCCCO[C@@H]1O[C@@H]2CO[C@@H]([C@H]3O[C@@H]3c3ccccc3)O[C@H]2[C@@H](O)[C@H]1NC(C)=O. The van der Waals surface area contributed by atoms with Crippen LogP contribution in [0, 0.1) is 0 Å². The lowest BCUT2D eigenvalue weighted by atomic mass is 9.95. The van der Waals surface area contributed by atoms with Crippen molar-refractivity contribution in [3.8, 4) is 0 Å². The highest BCUT2D eigenvalue weighted by molar-refractivity contribution is 5.73. The van der Waals surface area contributed by atoms with E-state index in [0.29, 0.717) is 6.61 Å². The van der Waals surface area contributed by atoms with Crippen LogP contribution in [0.3, 0.4) is 0 Å². The molecule has 8 heteroatoms. The Morgan fingerprint density at radius 1 is 0.946 bits per heavy atom. The summed E-state index contributed by atoms with van der Waals surface area (Å²) in [5.74, 6) is -0.253. The van der Waals surface area contributed by atoms with E-state index >= 15 is 0 Å². The predicted octanol–water partition coefficient (Wildman–Crippen LogP) is 4.40. The van der Waals surface area contributed by atoms with E-state index in [1.165, 1.54) is 58.3 Å². The van der Waals surface area contributed by atoms with Crippen molar-refractivity contribution in [2.24, 2.45) is 0 Å². The summed E-state index contributed by atoms with van der Waals surface area (Å²) in [6, 6.07) is 9.21. The fraction of sp³-hybridized carbons (Fsp3) is 0.759. The van der Waals surface area contributed by atoms with E-state index in [0.717, 1.165) is 18.4 Å². The first-order valence-electron chi connectivity index (χ1n) is 14.3. The Morgan fingerprint density at radius 3 is 2.30 bits per heavy atom. The second kappa shape index (κ2) is 14.6. The molecule has 0 spiro atoms. The van der Waals surface area contributed by atoms with E-state index in [1.807, 2.05) is 30.3 Å². The summed E-state index contributed by atoms with van der Waals surface area (Å²) in [4.78, 5) is 11.9. The summed E-state index contributed by atoms with van der Waals surface area (Å²) in [6.45, 7) is 4.45. The minimum Gasteiger partial charge on any atom is -0.388 e. The zero-order valence-electron chi connectivity index (χ0n) is 22.4. The van der Waals surface area contributed by atoms with Crippen LogP contribution in [0.25, 0.3) is 0 Å². The van der Waals surface area contributed by atoms with Gasteiger partial charge in [-0.25, -0.2) is 0 Å². The fourth-order valence-electron chi connectivity index (χ4n) is 5.34. The fourth-order valence-corrected chi connectivity index (χ4v) is 5.34. The van der Waals surface area contributed by atoms with E-state index in [4.69, 9.17) is 23.7 Å². The van der Waals surface area contributed by atoms with Gasteiger partial charge in [-0.1, -0.05) is 95.0 Å². The van der Waals surface area contributed by atoms with Crippen LogP contribution in [0.4, 0.5) is 0 Å². The minimum absolute atomic E-state index is 0.0901. The highest BCUT2D eigenvalue weighted by Gasteiger charge is 2.55. The average molecular weight is 520 g/mol. The highest BCUT2D eigenvalue weighted by Crippen LogP contribution is 2.44. The minimum atomic E-state index is -0.985. The molecule has 0 aliphatic carbocycles. The Hall–Kier alpha value is -1.55. The number of carbonyl (C=O) groups is 1. The second-order valence-electron chi connectivity index (χ2n) is 10.5. The number of aliphatic hydroxyl groups excluding tert-OH is 1. The topological polar surface area (TPSA) is 98.8 Å². The van der Waals surface area contributed by atoms with Gasteiger partial charge in [0, 0.05) is 13.5 Å². The third kappa shape index (κ3) is 8.22. The van der Waals surface area contributed by atoms with Crippen molar-refractivity contribution in [1.29, 1.82) is 0 Å². The molecule has 1 amide bonds. The molecular formula is C29H45NO7. The van der Waals surface area contributed by atoms with Crippen molar-refractivity contribution in [3.63, 3.8) is 0 Å². The molecule has 0 saturated carbocycles. The first-order valence-corrected chi connectivity index (χ1v) is 14.3. The maximum absolute atomic E-state index is 11.9. The van der Waals surface area contributed by atoms with Crippen LogP contribution in [-0.4, -0.2) is 67.3 Å². The van der Waals surface area contributed by atoms with Gasteiger partial charge in [0.05, 0.1) is 6.61 Å². The molecule has 208 valence electrons. The summed E-state index contributed by atoms with van der Waals surface area (Å²) in [6.07, 6.45) is 8.64. The van der Waals surface area contributed by atoms with Crippen LogP contribution >= 0.6 is 0 Å². The number of fused-ring (bicyclic) bond motifs is 1. The molecule has 0 bridgehead atoms. The number of rotatable bonds is 15. The van der Waals surface area contributed by atoms with Gasteiger partial charge in [-0.15, -0.1) is 0 Å². The molecule has 3 aliphatic heterocycles. The standard InChI is InChI=1S/C29H45NO7/c1-3-4-5-6-7-8-9-10-11-15-18-33-28-23(30-20(2)31)24(32)26-22(35-28)19-34-29(37-26)27-25(36-27)21-16-13-12-14-17-21/h12-14,16-17,22-29,32H,3-11,15,18-19H2,1-2H3,(H,30,31)/t22-,23-,24+,25-,26-,27+,28-,29-/m1/s1. The molecule has 0 aromatic heterocycles. The van der Waals surface area contributed by atoms with Crippen molar-refractivity contribution in [3.05, 3.63) is 35.9 Å². The van der Waals surface area contributed by atoms with Crippen LogP contribution < -0.4 is 5.32 Å². The largest absolute Gasteiger partial charge is 0.388 e. The van der Waals surface area contributed by atoms with Gasteiger partial charge >= 0.3 is 0 Å². The van der Waals surface area contributed by atoms with E-state index in [1.54, 1.807) is 0 Å². The van der Waals surface area contributed by atoms with Gasteiger partial charge in [0.2, 0.25) is 5.91 Å². The number of hydrogen-bond donors (Lipinski definition) is 2. The van der Waals surface area contributed by atoms with Crippen molar-refractivity contribution < 1.29 is 33.6 Å². The van der Waals surface area contributed by atoms with Gasteiger partial charge in [-0.05, 0) is 12.0 Å². The van der Waals surface area contributed by atoms with Crippen molar-refractivity contribution >= 4 is 5.91 Å². The predicted molar refractivity (Wildman–Crippen MR) is 139 cm³/mol. The lowest BCUT2D eigenvalue weighted by Crippen LogP contribution is -2.67. The van der Waals surface area contributed by atoms with E-state index in [-0.39, 0.29) is 24.7 Å². The Bertz CT molecular complexity index is 809. The van der Waals surface area contributed by atoms with E-state index in [2.05, 4.69) is 12.2 Å². The smallest absolute Gasteiger partial charge is 0.217 e. The van der Waals surface area contributed by atoms with Crippen LogP contribution in [-0.2, 0) is 28.5 Å². The van der Waals surface area contributed by atoms with Crippen molar-refractivity contribution in [2.45, 2.75) is 127 Å². The summed E-state index contributed by atoms with van der Waals surface area (Å²) >= 11 is 0. The van der Waals surface area contributed by atoms with Crippen LogP contribution in [0.1, 0.15) is 89.7 Å². The zero-order valence-corrected chi connectivity index (χ0v) is 22.4.